The Morgan fingerprint density at radius 3 is 2.41 bits per heavy atom. The highest BCUT2D eigenvalue weighted by Gasteiger charge is 2.19. The molecule has 0 aliphatic carbocycles. The van der Waals surface area contributed by atoms with Crippen molar-refractivity contribution in [1.29, 1.82) is 0 Å². The lowest BCUT2D eigenvalue weighted by Crippen LogP contribution is -2.46. The minimum atomic E-state index is -0.395. The summed E-state index contributed by atoms with van der Waals surface area (Å²) < 4.78 is 5.32. The van der Waals surface area contributed by atoms with E-state index in [4.69, 9.17) is 4.42 Å². The number of phenols is 2. The van der Waals surface area contributed by atoms with E-state index in [0.29, 0.717) is 17.7 Å². The van der Waals surface area contributed by atoms with Gasteiger partial charge in [0.1, 0.15) is 17.1 Å². The van der Waals surface area contributed by atoms with Gasteiger partial charge in [0, 0.05) is 55.4 Å². The molecule has 1 aliphatic rings. The van der Waals surface area contributed by atoms with Crippen LogP contribution in [-0.4, -0.2) is 41.3 Å². The molecule has 0 saturated carbocycles. The van der Waals surface area contributed by atoms with Gasteiger partial charge < -0.3 is 19.5 Å². The molecule has 0 radical (unpaired) electrons. The number of piperazine rings is 1. The molecule has 2 N–H and O–H groups in total. The van der Waals surface area contributed by atoms with Gasteiger partial charge in [0.25, 0.3) is 0 Å². The van der Waals surface area contributed by atoms with Crippen molar-refractivity contribution in [2.75, 3.05) is 31.1 Å². The molecule has 140 valence electrons. The average molecular weight is 366 g/mol. The molecule has 27 heavy (non-hydrogen) atoms. The number of nitrogens with zero attached hydrogens (tertiary/aromatic N) is 2. The summed E-state index contributed by atoms with van der Waals surface area (Å²) >= 11 is 0. The van der Waals surface area contributed by atoms with Crippen molar-refractivity contribution in [3.8, 4) is 11.5 Å². The fourth-order valence-electron chi connectivity index (χ4n) is 3.62. The Hall–Kier alpha value is -2.99. The molecule has 1 fully saturated rings. The minimum Gasteiger partial charge on any atom is -0.508 e. The van der Waals surface area contributed by atoms with Gasteiger partial charge in [-0.2, -0.15) is 0 Å². The van der Waals surface area contributed by atoms with Crippen LogP contribution in [0.4, 0.5) is 5.69 Å². The van der Waals surface area contributed by atoms with Crippen LogP contribution in [-0.2, 0) is 6.54 Å². The van der Waals surface area contributed by atoms with Crippen LogP contribution in [0.5, 0.6) is 11.5 Å². The summed E-state index contributed by atoms with van der Waals surface area (Å²) in [5.74, 6) is 0.402. The molecule has 2 aromatic carbocycles. The van der Waals surface area contributed by atoms with E-state index in [1.54, 1.807) is 31.2 Å². The van der Waals surface area contributed by atoms with Gasteiger partial charge in [-0.1, -0.05) is 0 Å². The van der Waals surface area contributed by atoms with Gasteiger partial charge in [0.15, 0.2) is 0 Å². The standard InChI is InChI=1S/C21H22N2O4/c1-14-19(25)7-6-18-15(12-20(26)27-21(14)18)13-22-8-10-23(11-9-22)16-2-4-17(24)5-3-16/h2-7,12,24-25H,8-11,13H2,1H3. The summed E-state index contributed by atoms with van der Waals surface area (Å²) in [6.07, 6.45) is 0. The number of aryl methyl sites for hydroxylation is 1. The van der Waals surface area contributed by atoms with E-state index in [-0.39, 0.29) is 11.5 Å². The first-order chi connectivity index (χ1) is 13.0. The van der Waals surface area contributed by atoms with Crippen molar-refractivity contribution in [1.82, 2.24) is 4.90 Å². The third-order valence-corrected chi connectivity index (χ3v) is 5.20. The second kappa shape index (κ2) is 6.96. The molecule has 4 rings (SSSR count). The van der Waals surface area contributed by atoms with Crippen LogP contribution in [0.3, 0.4) is 0 Å². The lowest BCUT2D eigenvalue weighted by atomic mass is 10.1. The molecule has 1 aliphatic heterocycles. The van der Waals surface area contributed by atoms with Gasteiger partial charge in [-0.25, -0.2) is 4.79 Å². The van der Waals surface area contributed by atoms with Crippen LogP contribution >= 0.6 is 0 Å². The summed E-state index contributed by atoms with van der Waals surface area (Å²) in [5, 5.41) is 20.2. The third-order valence-electron chi connectivity index (χ3n) is 5.20. The number of phenolic OH excluding ortho intramolecular Hbond substituents is 2. The van der Waals surface area contributed by atoms with Crippen molar-refractivity contribution in [2.24, 2.45) is 0 Å². The van der Waals surface area contributed by atoms with Crippen LogP contribution < -0.4 is 10.5 Å². The summed E-state index contributed by atoms with van der Waals surface area (Å²) in [6.45, 7) is 5.92. The Bertz CT molecular complexity index is 1020. The molecule has 0 spiro atoms. The van der Waals surface area contributed by atoms with Gasteiger partial charge >= 0.3 is 5.63 Å². The number of anilines is 1. The van der Waals surface area contributed by atoms with Crippen LogP contribution in [0.15, 0.2) is 51.7 Å². The number of benzene rings is 2. The van der Waals surface area contributed by atoms with Gasteiger partial charge in [-0.05, 0) is 48.9 Å². The molecule has 0 amide bonds. The van der Waals surface area contributed by atoms with Crippen molar-refractivity contribution >= 4 is 16.7 Å². The Morgan fingerprint density at radius 1 is 1.00 bits per heavy atom. The molecule has 1 saturated heterocycles. The summed E-state index contributed by atoms with van der Waals surface area (Å²) in [5.41, 5.74) is 2.67. The Balaban J connectivity index is 1.52. The van der Waals surface area contributed by atoms with Crippen LogP contribution in [0.25, 0.3) is 11.0 Å². The van der Waals surface area contributed by atoms with Gasteiger partial charge in [-0.3, -0.25) is 4.90 Å². The summed E-state index contributed by atoms with van der Waals surface area (Å²) in [7, 11) is 0. The summed E-state index contributed by atoms with van der Waals surface area (Å²) in [4.78, 5) is 16.6. The maximum Gasteiger partial charge on any atom is 0.336 e. The molecule has 6 nitrogen and oxygen atoms in total. The van der Waals surface area contributed by atoms with E-state index in [2.05, 4.69) is 9.80 Å². The molecule has 3 aromatic rings. The minimum absolute atomic E-state index is 0.130. The highest BCUT2D eigenvalue weighted by Crippen LogP contribution is 2.28. The zero-order valence-corrected chi connectivity index (χ0v) is 15.2. The van der Waals surface area contributed by atoms with Gasteiger partial charge in [0.2, 0.25) is 0 Å². The molecular formula is C21H22N2O4. The Labute approximate surface area is 156 Å². The van der Waals surface area contributed by atoms with E-state index in [1.807, 2.05) is 18.2 Å². The van der Waals surface area contributed by atoms with Crippen molar-refractivity contribution < 1.29 is 14.6 Å². The third kappa shape index (κ3) is 3.48. The SMILES string of the molecule is Cc1c(O)ccc2c(CN3CCN(c4ccc(O)cc4)CC3)cc(=O)oc12. The van der Waals surface area contributed by atoms with Crippen LogP contribution in [0.1, 0.15) is 11.1 Å². The first-order valence-electron chi connectivity index (χ1n) is 9.03. The Kier molecular flexibility index (Phi) is 4.49. The molecule has 1 aromatic heterocycles. The number of hydrogen-bond acceptors (Lipinski definition) is 6. The van der Waals surface area contributed by atoms with E-state index >= 15 is 0 Å². The molecule has 2 heterocycles. The first-order valence-corrected chi connectivity index (χ1v) is 9.03. The topological polar surface area (TPSA) is 77.1 Å². The highest BCUT2D eigenvalue weighted by atomic mass is 16.4. The van der Waals surface area contributed by atoms with Crippen molar-refractivity contribution in [2.45, 2.75) is 13.5 Å². The first kappa shape index (κ1) is 17.4. The second-order valence-corrected chi connectivity index (χ2v) is 6.96. The van der Waals surface area contributed by atoms with Crippen LogP contribution in [0.2, 0.25) is 0 Å². The number of aromatic hydroxyl groups is 2. The molecule has 0 unspecified atom stereocenters. The monoisotopic (exact) mass is 366 g/mol. The predicted octanol–water partition coefficient (Wildman–Crippen LogP) is 2.83. The van der Waals surface area contributed by atoms with E-state index in [1.165, 1.54) is 0 Å². The lowest BCUT2D eigenvalue weighted by Gasteiger charge is -2.36. The maximum atomic E-state index is 12.0. The van der Waals surface area contributed by atoms with Gasteiger partial charge in [0.05, 0.1) is 0 Å². The van der Waals surface area contributed by atoms with E-state index in [9.17, 15) is 15.0 Å². The van der Waals surface area contributed by atoms with Crippen molar-refractivity contribution in [3.05, 3.63) is 64.0 Å². The molecule has 0 bridgehead atoms. The molecule has 6 heteroatoms. The number of fused-ring (bicyclic) bond motifs is 1. The lowest BCUT2D eigenvalue weighted by molar-refractivity contribution is 0.250. The molecule has 0 atom stereocenters. The Morgan fingerprint density at radius 2 is 1.70 bits per heavy atom. The van der Waals surface area contributed by atoms with Gasteiger partial charge in [-0.15, -0.1) is 0 Å². The largest absolute Gasteiger partial charge is 0.508 e. The fourth-order valence-corrected chi connectivity index (χ4v) is 3.62. The smallest absolute Gasteiger partial charge is 0.336 e. The van der Waals surface area contributed by atoms with Crippen molar-refractivity contribution in [3.63, 3.8) is 0 Å². The zero-order valence-electron chi connectivity index (χ0n) is 15.2. The summed E-state index contributed by atoms with van der Waals surface area (Å²) in [6, 6.07) is 12.3. The van der Waals surface area contributed by atoms with E-state index < -0.39 is 5.63 Å². The fraction of sp³-hybridized carbons (Fsp3) is 0.286. The predicted molar refractivity (Wildman–Crippen MR) is 104 cm³/mol. The number of hydrogen-bond donors (Lipinski definition) is 2. The normalized spacial score (nSPS) is 15.4. The highest BCUT2D eigenvalue weighted by molar-refractivity contribution is 5.84. The maximum absolute atomic E-state index is 12.0. The number of rotatable bonds is 3. The zero-order chi connectivity index (χ0) is 19.0. The quantitative estimate of drug-likeness (QED) is 0.694. The second-order valence-electron chi connectivity index (χ2n) is 6.96. The average Bonchev–Trinajstić information content (AvgIpc) is 2.66. The van der Waals surface area contributed by atoms with Crippen LogP contribution in [0, 0.1) is 6.92 Å². The van der Waals surface area contributed by atoms with E-state index in [0.717, 1.165) is 42.8 Å². The molecular weight excluding hydrogens is 344 g/mol.